The summed E-state index contributed by atoms with van der Waals surface area (Å²) in [5.74, 6) is 0.553. The smallest absolute Gasteiger partial charge is 0.123 e. The average molecular weight is 275 g/mol. The lowest BCUT2D eigenvalue weighted by Crippen LogP contribution is -2.35. The predicted octanol–water partition coefficient (Wildman–Crippen LogP) is 2.97. The van der Waals surface area contributed by atoms with Crippen molar-refractivity contribution < 1.29 is 9.90 Å². The molecule has 0 heterocycles. The van der Waals surface area contributed by atoms with E-state index < -0.39 is 0 Å². The number of rotatable bonds is 5. The molecule has 1 aromatic rings. The van der Waals surface area contributed by atoms with E-state index in [9.17, 15) is 9.90 Å². The molecular formula is C17H25NO2. The summed E-state index contributed by atoms with van der Waals surface area (Å²) in [5, 5.41) is 9.48. The van der Waals surface area contributed by atoms with Crippen LogP contribution in [0.25, 0.3) is 0 Å². The Hall–Kier alpha value is -1.35. The van der Waals surface area contributed by atoms with Gasteiger partial charge in [-0.15, -0.1) is 0 Å². The number of phenolic OH excluding ortho intramolecular Hbond substituents is 1. The fraction of sp³-hybridized carbons (Fsp3) is 0.588. The maximum atomic E-state index is 11.0. The van der Waals surface area contributed by atoms with E-state index >= 15 is 0 Å². The molecule has 0 aromatic heterocycles. The molecule has 0 amide bonds. The topological polar surface area (TPSA) is 40.5 Å². The number of hydrogen-bond acceptors (Lipinski definition) is 3. The van der Waals surface area contributed by atoms with Crippen LogP contribution in [0.1, 0.15) is 37.7 Å². The first kappa shape index (κ1) is 15.0. The normalized spacial score (nSPS) is 26.6. The molecular weight excluding hydrogens is 250 g/mol. The molecule has 1 aromatic carbocycles. The highest BCUT2D eigenvalue weighted by atomic mass is 16.3. The van der Waals surface area contributed by atoms with Crippen molar-refractivity contribution in [1.82, 2.24) is 4.90 Å². The molecule has 20 heavy (non-hydrogen) atoms. The number of nitrogens with zero attached hydrogens (tertiary/aromatic N) is 1. The van der Waals surface area contributed by atoms with Crippen LogP contribution in [0.5, 0.6) is 5.75 Å². The third-order valence-electron chi connectivity index (χ3n) is 4.70. The van der Waals surface area contributed by atoms with Gasteiger partial charge in [0, 0.05) is 5.92 Å². The zero-order valence-corrected chi connectivity index (χ0v) is 12.5. The fourth-order valence-corrected chi connectivity index (χ4v) is 3.26. The standard InChI is InChI=1S/C17H25NO2/c1-18(2)12-11-17(9-7-14(13-19)8-10-17)15-3-5-16(20)6-4-15/h3-6,13-14,20H,7-12H2,1-2H3. The maximum Gasteiger partial charge on any atom is 0.123 e. The van der Waals surface area contributed by atoms with Crippen LogP contribution in [0.3, 0.4) is 0 Å². The van der Waals surface area contributed by atoms with Crippen LogP contribution in [0.2, 0.25) is 0 Å². The molecule has 1 fully saturated rings. The van der Waals surface area contributed by atoms with Crippen molar-refractivity contribution in [3.8, 4) is 5.75 Å². The lowest BCUT2D eigenvalue weighted by molar-refractivity contribution is -0.112. The molecule has 3 heteroatoms. The number of carbonyl (C=O) groups is 1. The third kappa shape index (κ3) is 3.40. The van der Waals surface area contributed by atoms with Crippen molar-refractivity contribution in [2.75, 3.05) is 20.6 Å². The van der Waals surface area contributed by atoms with Crippen molar-refractivity contribution in [3.63, 3.8) is 0 Å². The number of carbonyl (C=O) groups excluding carboxylic acids is 1. The number of aldehydes is 1. The first-order valence-corrected chi connectivity index (χ1v) is 7.45. The van der Waals surface area contributed by atoms with Gasteiger partial charge in [0.15, 0.2) is 0 Å². The minimum Gasteiger partial charge on any atom is -0.508 e. The van der Waals surface area contributed by atoms with Crippen LogP contribution >= 0.6 is 0 Å². The fourth-order valence-electron chi connectivity index (χ4n) is 3.26. The summed E-state index contributed by atoms with van der Waals surface area (Å²) in [4.78, 5) is 13.2. The molecule has 0 bridgehead atoms. The van der Waals surface area contributed by atoms with Crippen LogP contribution in [0.4, 0.5) is 0 Å². The molecule has 0 unspecified atom stereocenters. The van der Waals surface area contributed by atoms with E-state index in [4.69, 9.17) is 0 Å². The summed E-state index contributed by atoms with van der Waals surface area (Å²) in [6.45, 7) is 1.05. The van der Waals surface area contributed by atoms with Crippen molar-refractivity contribution >= 4 is 6.29 Å². The molecule has 1 aliphatic rings. The van der Waals surface area contributed by atoms with Gasteiger partial charge >= 0.3 is 0 Å². The molecule has 3 nitrogen and oxygen atoms in total. The monoisotopic (exact) mass is 275 g/mol. The van der Waals surface area contributed by atoms with E-state index in [1.54, 1.807) is 12.1 Å². The van der Waals surface area contributed by atoms with Gasteiger partial charge in [-0.05, 0) is 75.9 Å². The quantitative estimate of drug-likeness (QED) is 0.840. The summed E-state index contributed by atoms with van der Waals surface area (Å²) in [7, 11) is 4.20. The first-order chi connectivity index (χ1) is 9.55. The van der Waals surface area contributed by atoms with E-state index in [0.29, 0.717) is 5.75 Å². The predicted molar refractivity (Wildman–Crippen MR) is 81.0 cm³/mol. The summed E-state index contributed by atoms with van der Waals surface area (Å²) in [6, 6.07) is 7.65. The molecule has 0 radical (unpaired) electrons. The highest BCUT2D eigenvalue weighted by Gasteiger charge is 2.36. The van der Waals surface area contributed by atoms with Crippen molar-refractivity contribution in [2.24, 2.45) is 5.92 Å². The Morgan fingerprint density at radius 3 is 2.35 bits per heavy atom. The van der Waals surface area contributed by atoms with E-state index in [-0.39, 0.29) is 11.3 Å². The van der Waals surface area contributed by atoms with Gasteiger partial charge in [-0.1, -0.05) is 12.1 Å². The second-order valence-corrected chi connectivity index (χ2v) is 6.35. The molecule has 0 saturated heterocycles. The SMILES string of the molecule is CN(C)CCC1(c2ccc(O)cc2)CCC(C=O)CC1. The highest BCUT2D eigenvalue weighted by Crippen LogP contribution is 2.44. The Kier molecular flexibility index (Phi) is 4.81. The molecule has 0 atom stereocenters. The molecule has 0 aliphatic heterocycles. The molecule has 1 aliphatic carbocycles. The molecule has 0 spiro atoms. The molecule has 1 N–H and O–H groups in total. The van der Waals surface area contributed by atoms with Gasteiger partial charge in [0.05, 0.1) is 0 Å². The molecule has 2 rings (SSSR count). The van der Waals surface area contributed by atoms with Crippen molar-refractivity contribution in [3.05, 3.63) is 29.8 Å². The Balaban J connectivity index is 2.20. The lowest BCUT2D eigenvalue weighted by Gasteiger charge is -2.40. The minimum atomic E-state index is 0.164. The summed E-state index contributed by atoms with van der Waals surface area (Å²) in [5.41, 5.74) is 1.47. The van der Waals surface area contributed by atoms with Crippen LogP contribution in [0, 0.1) is 5.92 Å². The van der Waals surface area contributed by atoms with Gasteiger partial charge in [0.1, 0.15) is 12.0 Å². The number of aromatic hydroxyl groups is 1. The number of benzene rings is 1. The van der Waals surface area contributed by atoms with Crippen LogP contribution in [0.15, 0.2) is 24.3 Å². The Morgan fingerprint density at radius 2 is 1.85 bits per heavy atom. The average Bonchev–Trinajstić information content (AvgIpc) is 2.46. The number of hydrogen-bond donors (Lipinski definition) is 1. The van der Waals surface area contributed by atoms with Gasteiger partial charge in [-0.3, -0.25) is 0 Å². The zero-order valence-electron chi connectivity index (χ0n) is 12.5. The second kappa shape index (κ2) is 6.40. The van der Waals surface area contributed by atoms with E-state index in [0.717, 1.165) is 44.9 Å². The second-order valence-electron chi connectivity index (χ2n) is 6.35. The largest absolute Gasteiger partial charge is 0.508 e. The van der Waals surface area contributed by atoms with E-state index in [2.05, 4.69) is 19.0 Å². The summed E-state index contributed by atoms with van der Waals surface area (Å²) in [6.07, 6.45) is 6.32. The molecule has 110 valence electrons. The Bertz CT molecular complexity index is 431. The van der Waals surface area contributed by atoms with Gasteiger partial charge in [0.2, 0.25) is 0 Å². The van der Waals surface area contributed by atoms with Crippen LogP contribution in [-0.2, 0) is 10.2 Å². The van der Waals surface area contributed by atoms with Crippen LogP contribution in [-0.4, -0.2) is 36.9 Å². The minimum absolute atomic E-state index is 0.164. The lowest BCUT2D eigenvalue weighted by atomic mass is 9.65. The van der Waals surface area contributed by atoms with Crippen molar-refractivity contribution in [2.45, 2.75) is 37.5 Å². The summed E-state index contributed by atoms with van der Waals surface area (Å²) >= 11 is 0. The Labute approximate surface area is 121 Å². The summed E-state index contributed by atoms with van der Waals surface area (Å²) < 4.78 is 0. The van der Waals surface area contributed by atoms with Crippen LogP contribution < -0.4 is 0 Å². The Morgan fingerprint density at radius 1 is 1.25 bits per heavy atom. The van der Waals surface area contributed by atoms with Gasteiger partial charge in [-0.25, -0.2) is 0 Å². The third-order valence-corrected chi connectivity index (χ3v) is 4.70. The first-order valence-electron chi connectivity index (χ1n) is 7.45. The van der Waals surface area contributed by atoms with Crippen molar-refractivity contribution in [1.29, 1.82) is 0 Å². The highest BCUT2D eigenvalue weighted by molar-refractivity contribution is 5.54. The van der Waals surface area contributed by atoms with Gasteiger partial charge < -0.3 is 14.8 Å². The van der Waals surface area contributed by atoms with Gasteiger partial charge in [-0.2, -0.15) is 0 Å². The van der Waals surface area contributed by atoms with E-state index in [1.807, 2.05) is 12.1 Å². The zero-order chi connectivity index (χ0) is 14.6. The van der Waals surface area contributed by atoms with Gasteiger partial charge in [0.25, 0.3) is 0 Å². The number of phenols is 1. The maximum absolute atomic E-state index is 11.0. The molecule has 1 saturated carbocycles. The van der Waals surface area contributed by atoms with E-state index in [1.165, 1.54) is 5.56 Å².